The van der Waals surface area contributed by atoms with E-state index in [4.69, 9.17) is 4.74 Å². The van der Waals surface area contributed by atoms with E-state index in [-0.39, 0.29) is 11.5 Å². The van der Waals surface area contributed by atoms with E-state index in [2.05, 4.69) is 0 Å². The minimum atomic E-state index is -1.07. The van der Waals surface area contributed by atoms with Crippen LogP contribution in [0.3, 0.4) is 0 Å². The maximum Gasteiger partial charge on any atom is 0.200 e. The first-order valence-corrected chi connectivity index (χ1v) is 4.13. The lowest BCUT2D eigenvalue weighted by molar-refractivity contribution is -0.122. The normalized spacial score (nSPS) is 12.3. The predicted molar refractivity (Wildman–Crippen MR) is 47.1 cm³/mol. The van der Waals surface area contributed by atoms with Gasteiger partial charge in [-0.25, -0.2) is 4.39 Å². The molecular weight excluding hydrogens is 190 g/mol. The van der Waals surface area contributed by atoms with Gasteiger partial charge >= 0.3 is 0 Å². The van der Waals surface area contributed by atoms with Gasteiger partial charge in [-0.3, -0.25) is 4.79 Å². The van der Waals surface area contributed by atoms with Crippen LogP contribution in [-0.4, -0.2) is 11.9 Å². The van der Waals surface area contributed by atoms with E-state index in [1.54, 1.807) is 0 Å². The quantitative estimate of drug-likeness (QED) is 0.748. The summed E-state index contributed by atoms with van der Waals surface area (Å²) in [5.41, 5.74) is 0. The number of halogens is 2. The maximum atomic E-state index is 13.0. The van der Waals surface area contributed by atoms with Crippen molar-refractivity contribution in [3.8, 4) is 5.75 Å². The highest BCUT2D eigenvalue weighted by Crippen LogP contribution is 2.20. The van der Waals surface area contributed by atoms with Gasteiger partial charge in [-0.1, -0.05) is 6.07 Å². The number of carbonyl (C=O) groups is 1. The van der Waals surface area contributed by atoms with Crippen molar-refractivity contribution < 1.29 is 18.3 Å². The number of Topliss-reactive ketones (excluding diaryl/α,β-unsaturated/α-hetero) is 1. The predicted octanol–water partition coefficient (Wildman–Crippen LogP) is 2.32. The van der Waals surface area contributed by atoms with Gasteiger partial charge in [-0.05, 0) is 26.0 Å². The van der Waals surface area contributed by atoms with Crippen molar-refractivity contribution in [2.45, 2.75) is 20.0 Å². The molecule has 0 radical (unpaired) electrons. The van der Waals surface area contributed by atoms with Crippen LogP contribution >= 0.6 is 0 Å². The van der Waals surface area contributed by atoms with Crippen LogP contribution in [0.2, 0.25) is 0 Å². The summed E-state index contributed by atoms with van der Waals surface area (Å²) in [5.74, 6) is -2.54. The van der Waals surface area contributed by atoms with Crippen LogP contribution in [0, 0.1) is 11.6 Å². The van der Waals surface area contributed by atoms with Gasteiger partial charge in [0, 0.05) is 0 Å². The summed E-state index contributed by atoms with van der Waals surface area (Å²) >= 11 is 0. The molecule has 0 spiro atoms. The molecule has 4 heteroatoms. The summed E-state index contributed by atoms with van der Waals surface area (Å²) in [6, 6.07) is 3.58. The molecule has 14 heavy (non-hydrogen) atoms. The SMILES string of the molecule is CC(=O)C(C)Oc1cccc(F)c1F. The minimum Gasteiger partial charge on any atom is -0.480 e. The Balaban J connectivity index is 2.87. The van der Waals surface area contributed by atoms with Crippen molar-refractivity contribution in [3.05, 3.63) is 29.8 Å². The van der Waals surface area contributed by atoms with Gasteiger partial charge < -0.3 is 4.74 Å². The number of hydrogen-bond acceptors (Lipinski definition) is 2. The van der Waals surface area contributed by atoms with Crippen molar-refractivity contribution in [3.63, 3.8) is 0 Å². The molecule has 0 saturated heterocycles. The third-order valence-electron chi connectivity index (χ3n) is 1.79. The van der Waals surface area contributed by atoms with Crippen molar-refractivity contribution in [2.24, 2.45) is 0 Å². The van der Waals surface area contributed by atoms with Crippen molar-refractivity contribution in [1.29, 1.82) is 0 Å². The summed E-state index contributed by atoms with van der Waals surface area (Å²) in [6.07, 6.45) is -0.772. The fourth-order valence-corrected chi connectivity index (χ4v) is 0.848. The number of ether oxygens (including phenoxy) is 1. The molecule has 0 aliphatic heterocycles. The Morgan fingerprint density at radius 3 is 2.64 bits per heavy atom. The van der Waals surface area contributed by atoms with Gasteiger partial charge in [0.05, 0.1) is 0 Å². The van der Waals surface area contributed by atoms with Crippen LogP contribution in [0.1, 0.15) is 13.8 Å². The highest BCUT2D eigenvalue weighted by Gasteiger charge is 2.14. The molecule has 0 saturated carbocycles. The summed E-state index contributed by atoms with van der Waals surface area (Å²) in [7, 11) is 0. The molecule has 1 rings (SSSR count). The molecule has 0 N–H and O–H groups in total. The largest absolute Gasteiger partial charge is 0.480 e. The third-order valence-corrected chi connectivity index (χ3v) is 1.79. The topological polar surface area (TPSA) is 26.3 Å². The average molecular weight is 200 g/mol. The summed E-state index contributed by atoms with van der Waals surface area (Å²) in [6.45, 7) is 2.80. The fourth-order valence-electron chi connectivity index (χ4n) is 0.848. The van der Waals surface area contributed by atoms with Gasteiger partial charge in [0.15, 0.2) is 23.5 Å². The Labute approximate surface area is 80.5 Å². The number of rotatable bonds is 3. The summed E-state index contributed by atoms with van der Waals surface area (Å²) in [4.78, 5) is 10.8. The molecule has 1 atom stereocenters. The van der Waals surface area contributed by atoms with Gasteiger partial charge in [-0.15, -0.1) is 0 Å². The second kappa shape index (κ2) is 4.17. The highest BCUT2D eigenvalue weighted by atomic mass is 19.2. The molecule has 0 aliphatic rings. The van der Waals surface area contributed by atoms with Crippen LogP contribution in [-0.2, 0) is 4.79 Å². The van der Waals surface area contributed by atoms with Gasteiger partial charge in [0.1, 0.15) is 0 Å². The Hall–Kier alpha value is -1.45. The van der Waals surface area contributed by atoms with Gasteiger partial charge in [0.2, 0.25) is 5.82 Å². The highest BCUT2D eigenvalue weighted by molar-refractivity contribution is 5.80. The molecule has 76 valence electrons. The van der Waals surface area contributed by atoms with Crippen LogP contribution < -0.4 is 4.74 Å². The molecule has 0 aromatic heterocycles. The summed E-state index contributed by atoms with van der Waals surface area (Å²) < 4.78 is 30.6. The number of benzene rings is 1. The average Bonchev–Trinajstić information content (AvgIpc) is 2.12. The lowest BCUT2D eigenvalue weighted by Gasteiger charge is -2.11. The van der Waals surface area contributed by atoms with Gasteiger partial charge in [0.25, 0.3) is 0 Å². The van der Waals surface area contributed by atoms with E-state index in [9.17, 15) is 13.6 Å². The van der Waals surface area contributed by atoms with Crippen molar-refractivity contribution in [1.82, 2.24) is 0 Å². The van der Waals surface area contributed by atoms with Gasteiger partial charge in [-0.2, -0.15) is 4.39 Å². The van der Waals surface area contributed by atoms with E-state index < -0.39 is 17.7 Å². The van der Waals surface area contributed by atoms with E-state index >= 15 is 0 Å². The number of ketones is 1. The maximum absolute atomic E-state index is 13.0. The van der Waals surface area contributed by atoms with E-state index in [1.807, 2.05) is 0 Å². The van der Waals surface area contributed by atoms with Crippen LogP contribution in [0.4, 0.5) is 8.78 Å². The Morgan fingerprint density at radius 2 is 2.07 bits per heavy atom. The molecule has 0 fully saturated rings. The number of hydrogen-bond donors (Lipinski definition) is 0. The minimum absolute atomic E-state index is 0.242. The first-order valence-electron chi connectivity index (χ1n) is 4.13. The Kier molecular flexibility index (Phi) is 3.17. The molecular formula is C10H10F2O2. The third kappa shape index (κ3) is 2.28. The van der Waals surface area contributed by atoms with Crippen molar-refractivity contribution >= 4 is 5.78 Å². The van der Waals surface area contributed by atoms with Crippen LogP contribution in [0.15, 0.2) is 18.2 Å². The first-order chi connectivity index (χ1) is 6.52. The van der Waals surface area contributed by atoms with E-state index in [1.165, 1.54) is 26.0 Å². The fraction of sp³-hybridized carbons (Fsp3) is 0.300. The summed E-state index contributed by atoms with van der Waals surface area (Å²) in [5, 5.41) is 0. The monoisotopic (exact) mass is 200 g/mol. The zero-order chi connectivity index (χ0) is 10.7. The molecule has 1 aromatic rings. The zero-order valence-electron chi connectivity index (χ0n) is 7.88. The smallest absolute Gasteiger partial charge is 0.200 e. The zero-order valence-corrected chi connectivity index (χ0v) is 7.88. The molecule has 0 bridgehead atoms. The second-order valence-corrected chi connectivity index (χ2v) is 2.92. The van der Waals surface area contributed by atoms with E-state index in [0.717, 1.165) is 6.07 Å². The lowest BCUT2D eigenvalue weighted by Crippen LogP contribution is -2.21. The second-order valence-electron chi connectivity index (χ2n) is 2.92. The van der Waals surface area contributed by atoms with Crippen LogP contribution in [0.5, 0.6) is 5.75 Å². The first kappa shape index (κ1) is 10.6. The number of carbonyl (C=O) groups excluding carboxylic acids is 1. The van der Waals surface area contributed by atoms with Crippen molar-refractivity contribution in [2.75, 3.05) is 0 Å². The molecule has 1 unspecified atom stereocenters. The molecule has 0 amide bonds. The lowest BCUT2D eigenvalue weighted by atomic mass is 10.2. The molecule has 1 aromatic carbocycles. The molecule has 0 heterocycles. The molecule has 0 aliphatic carbocycles. The van der Waals surface area contributed by atoms with E-state index in [0.29, 0.717) is 0 Å². The Bertz CT molecular complexity index is 350. The van der Waals surface area contributed by atoms with Crippen LogP contribution in [0.25, 0.3) is 0 Å². The Morgan fingerprint density at radius 1 is 1.43 bits per heavy atom. The molecule has 2 nitrogen and oxygen atoms in total. The standard InChI is InChI=1S/C10H10F2O2/c1-6(13)7(2)14-9-5-3-4-8(11)10(9)12/h3-5,7H,1-2H3.